The quantitative estimate of drug-likeness (QED) is 0.779. The Balaban J connectivity index is 1.89. The fourth-order valence-electron chi connectivity index (χ4n) is 2.30. The molecular weight excluding hydrogens is 334 g/mol. The molecule has 2 N–H and O–H groups in total. The first-order chi connectivity index (χ1) is 11.8. The number of thiazole rings is 1. The molecule has 0 aliphatic rings. The van der Waals surface area contributed by atoms with Crippen molar-refractivity contribution in [2.75, 3.05) is 11.9 Å². The van der Waals surface area contributed by atoms with Crippen molar-refractivity contribution >= 4 is 38.5 Å². The number of hydrogen-bond acceptors (Lipinski definition) is 4. The van der Waals surface area contributed by atoms with E-state index in [0.29, 0.717) is 11.7 Å². The number of carbonyl (C=O) groups is 2. The van der Waals surface area contributed by atoms with E-state index in [4.69, 9.17) is 0 Å². The third-order valence-corrected chi connectivity index (χ3v) is 4.77. The SMILES string of the molecule is CCCCc1ccc2nc(NC(=O)CCNC(=O)C(C)(C)C)sc2c1. The number of benzene rings is 1. The second-order valence-electron chi connectivity index (χ2n) is 7.23. The highest BCUT2D eigenvalue weighted by Gasteiger charge is 2.20. The number of anilines is 1. The number of unbranched alkanes of at least 4 members (excludes halogenated alkanes) is 1. The molecule has 0 aliphatic carbocycles. The first kappa shape index (κ1) is 19.4. The average molecular weight is 362 g/mol. The van der Waals surface area contributed by atoms with Crippen LogP contribution in [0.25, 0.3) is 10.2 Å². The number of rotatable bonds is 7. The molecule has 0 saturated carbocycles. The summed E-state index contributed by atoms with van der Waals surface area (Å²) in [5, 5.41) is 6.21. The number of aryl methyl sites for hydroxylation is 1. The van der Waals surface area contributed by atoms with Gasteiger partial charge in [0.2, 0.25) is 11.8 Å². The van der Waals surface area contributed by atoms with Gasteiger partial charge in [0.1, 0.15) is 0 Å². The lowest BCUT2D eigenvalue weighted by atomic mass is 9.96. The van der Waals surface area contributed by atoms with Crippen LogP contribution in [0.3, 0.4) is 0 Å². The molecule has 6 heteroatoms. The van der Waals surface area contributed by atoms with E-state index in [1.165, 1.54) is 29.7 Å². The zero-order valence-corrected chi connectivity index (χ0v) is 16.3. The molecule has 2 amide bonds. The van der Waals surface area contributed by atoms with Crippen molar-refractivity contribution in [2.24, 2.45) is 5.41 Å². The van der Waals surface area contributed by atoms with E-state index >= 15 is 0 Å². The number of nitrogens with one attached hydrogen (secondary N) is 2. The summed E-state index contributed by atoms with van der Waals surface area (Å²) in [5.74, 6) is -0.195. The molecule has 1 aromatic carbocycles. The highest BCUT2D eigenvalue weighted by molar-refractivity contribution is 7.22. The number of fused-ring (bicyclic) bond motifs is 1. The van der Waals surface area contributed by atoms with Crippen LogP contribution in [0.2, 0.25) is 0 Å². The number of nitrogens with zero attached hydrogens (tertiary/aromatic N) is 1. The summed E-state index contributed by atoms with van der Waals surface area (Å²) in [6.45, 7) is 8.05. The molecule has 2 aromatic rings. The highest BCUT2D eigenvalue weighted by Crippen LogP contribution is 2.27. The minimum Gasteiger partial charge on any atom is -0.355 e. The number of carbonyl (C=O) groups excluding carboxylic acids is 2. The Morgan fingerprint density at radius 2 is 2.00 bits per heavy atom. The van der Waals surface area contributed by atoms with Crippen LogP contribution < -0.4 is 10.6 Å². The van der Waals surface area contributed by atoms with E-state index in [2.05, 4.69) is 34.7 Å². The molecule has 0 radical (unpaired) electrons. The Hall–Kier alpha value is -1.95. The first-order valence-corrected chi connectivity index (χ1v) is 9.59. The van der Waals surface area contributed by atoms with Gasteiger partial charge in [0, 0.05) is 18.4 Å². The van der Waals surface area contributed by atoms with Crippen molar-refractivity contribution in [3.05, 3.63) is 23.8 Å². The van der Waals surface area contributed by atoms with Crippen LogP contribution in [0.5, 0.6) is 0 Å². The minimum absolute atomic E-state index is 0.0557. The molecule has 0 aliphatic heterocycles. The molecular formula is C19H27N3O2S. The Bertz CT molecular complexity index is 747. The smallest absolute Gasteiger partial charge is 0.227 e. The molecule has 0 saturated heterocycles. The first-order valence-electron chi connectivity index (χ1n) is 8.77. The zero-order chi connectivity index (χ0) is 18.4. The second-order valence-corrected chi connectivity index (χ2v) is 8.26. The predicted molar refractivity (Wildman–Crippen MR) is 104 cm³/mol. The maximum absolute atomic E-state index is 12.0. The molecule has 5 nitrogen and oxygen atoms in total. The molecule has 2 rings (SSSR count). The second kappa shape index (κ2) is 8.43. The molecule has 136 valence electrons. The lowest BCUT2D eigenvalue weighted by molar-refractivity contribution is -0.128. The molecule has 0 unspecified atom stereocenters. The molecule has 1 aromatic heterocycles. The Morgan fingerprint density at radius 1 is 1.24 bits per heavy atom. The highest BCUT2D eigenvalue weighted by atomic mass is 32.1. The third-order valence-electron chi connectivity index (χ3n) is 3.84. The monoisotopic (exact) mass is 361 g/mol. The summed E-state index contributed by atoms with van der Waals surface area (Å²) < 4.78 is 1.09. The van der Waals surface area contributed by atoms with Gasteiger partial charge in [-0.1, -0.05) is 51.5 Å². The van der Waals surface area contributed by atoms with Crippen LogP contribution in [0, 0.1) is 5.41 Å². The topological polar surface area (TPSA) is 71.1 Å². The van der Waals surface area contributed by atoms with Crippen LogP contribution in [-0.2, 0) is 16.0 Å². The van der Waals surface area contributed by atoms with Gasteiger partial charge in [0.25, 0.3) is 0 Å². The number of amides is 2. The van der Waals surface area contributed by atoms with E-state index in [1.807, 2.05) is 26.8 Å². The van der Waals surface area contributed by atoms with Crippen LogP contribution >= 0.6 is 11.3 Å². The van der Waals surface area contributed by atoms with Gasteiger partial charge in [-0.05, 0) is 30.5 Å². The van der Waals surface area contributed by atoms with E-state index in [1.54, 1.807) is 0 Å². The van der Waals surface area contributed by atoms with Crippen LogP contribution in [0.15, 0.2) is 18.2 Å². The minimum atomic E-state index is -0.445. The van der Waals surface area contributed by atoms with Gasteiger partial charge in [-0.3, -0.25) is 9.59 Å². The summed E-state index contributed by atoms with van der Waals surface area (Å²) in [4.78, 5) is 28.3. The Labute approximate surface area is 153 Å². The third kappa shape index (κ3) is 5.81. The fraction of sp³-hybridized carbons (Fsp3) is 0.526. The van der Waals surface area contributed by atoms with E-state index < -0.39 is 5.41 Å². The zero-order valence-electron chi connectivity index (χ0n) is 15.4. The van der Waals surface area contributed by atoms with E-state index in [-0.39, 0.29) is 18.2 Å². The van der Waals surface area contributed by atoms with Crippen molar-refractivity contribution in [2.45, 2.75) is 53.4 Å². The van der Waals surface area contributed by atoms with Gasteiger partial charge in [-0.15, -0.1) is 0 Å². The van der Waals surface area contributed by atoms with Gasteiger partial charge < -0.3 is 10.6 Å². The summed E-state index contributed by atoms with van der Waals surface area (Å²) in [7, 11) is 0. The normalized spacial score (nSPS) is 11.5. The maximum atomic E-state index is 12.0. The van der Waals surface area contributed by atoms with Crippen molar-refractivity contribution in [1.82, 2.24) is 10.3 Å². The van der Waals surface area contributed by atoms with Gasteiger partial charge in [-0.2, -0.15) is 0 Å². The molecule has 0 fully saturated rings. The van der Waals surface area contributed by atoms with Gasteiger partial charge >= 0.3 is 0 Å². The predicted octanol–water partition coefficient (Wildman–Crippen LogP) is 4.13. The van der Waals surface area contributed by atoms with Gasteiger partial charge in [0.05, 0.1) is 10.2 Å². The van der Waals surface area contributed by atoms with E-state index in [9.17, 15) is 9.59 Å². The Kier molecular flexibility index (Phi) is 6.53. The van der Waals surface area contributed by atoms with E-state index in [0.717, 1.165) is 16.6 Å². The standard InChI is InChI=1S/C19H27N3O2S/c1-5-6-7-13-8-9-14-15(12-13)25-18(21-14)22-16(23)10-11-20-17(24)19(2,3)4/h8-9,12H,5-7,10-11H2,1-4H3,(H,20,24)(H,21,22,23). The van der Waals surface area contributed by atoms with Crippen molar-refractivity contribution < 1.29 is 9.59 Å². The van der Waals surface area contributed by atoms with Gasteiger partial charge in [-0.25, -0.2) is 4.98 Å². The molecule has 25 heavy (non-hydrogen) atoms. The molecule has 0 bridgehead atoms. The van der Waals surface area contributed by atoms with Crippen molar-refractivity contribution in [1.29, 1.82) is 0 Å². The molecule has 0 spiro atoms. The van der Waals surface area contributed by atoms with Crippen molar-refractivity contribution in [3.8, 4) is 0 Å². The lowest BCUT2D eigenvalue weighted by Crippen LogP contribution is -2.36. The van der Waals surface area contributed by atoms with Crippen LogP contribution in [-0.4, -0.2) is 23.3 Å². The van der Waals surface area contributed by atoms with Gasteiger partial charge in [0.15, 0.2) is 5.13 Å². The summed E-state index contributed by atoms with van der Waals surface area (Å²) in [5.41, 5.74) is 1.77. The number of hydrogen-bond donors (Lipinski definition) is 2. The fourth-order valence-corrected chi connectivity index (χ4v) is 3.24. The summed E-state index contributed by atoms with van der Waals surface area (Å²) in [6.07, 6.45) is 3.65. The Morgan fingerprint density at radius 3 is 2.68 bits per heavy atom. The summed E-state index contributed by atoms with van der Waals surface area (Å²) in [6, 6.07) is 6.27. The van der Waals surface area contributed by atoms with Crippen molar-refractivity contribution in [3.63, 3.8) is 0 Å². The lowest BCUT2D eigenvalue weighted by Gasteiger charge is -2.17. The van der Waals surface area contributed by atoms with Crippen LogP contribution in [0.1, 0.15) is 52.5 Å². The molecule has 1 heterocycles. The molecule has 0 atom stereocenters. The number of aromatic nitrogens is 1. The average Bonchev–Trinajstić information content (AvgIpc) is 2.93. The largest absolute Gasteiger partial charge is 0.355 e. The summed E-state index contributed by atoms with van der Waals surface area (Å²) >= 11 is 1.49. The van der Waals surface area contributed by atoms with Crippen LogP contribution in [0.4, 0.5) is 5.13 Å². The maximum Gasteiger partial charge on any atom is 0.227 e.